The minimum Gasteiger partial charge on any atom is -0.483 e. The third-order valence-corrected chi connectivity index (χ3v) is 5.30. The van der Waals surface area contributed by atoms with Crippen LogP contribution in [-0.4, -0.2) is 17.6 Å². The van der Waals surface area contributed by atoms with Crippen molar-refractivity contribution >= 4 is 71.6 Å². The Kier molecular flexibility index (Phi) is 6.62. The Hall–Kier alpha value is -2.47. The maximum atomic E-state index is 12.1. The fourth-order valence-electron chi connectivity index (χ4n) is 2.50. The molecule has 1 amide bonds. The molecule has 140 valence electrons. The number of fused-ring (bicyclic) bond motifs is 1. The van der Waals surface area contributed by atoms with Crippen LogP contribution < -0.4 is 15.4 Å². The molecule has 3 aromatic rings. The van der Waals surface area contributed by atoms with Gasteiger partial charge in [0.2, 0.25) is 0 Å². The summed E-state index contributed by atoms with van der Waals surface area (Å²) in [5.41, 5.74) is 0.960. The lowest BCUT2D eigenvalue weighted by Crippen LogP contribution is -2.37. The van der Waals surface area contributed by atoms with Crippen LogP contribution in [0.4, 0.5) is 5.69 Å². The molecule has 0 radical (unpaired) electrons. The second kappa shape index (κ2) is 9.15. The summed E-state index contributed by atoms with van der Waals surface area (Å²) < 4.78 is 7.38. The zero-order valence-corrected chi connectivity index (χ0v) is 18.3. The van der Waals surface area contributed by atoms with Crippen LogP contribution in [0.15, 0.2) is 63.5 Å². The Morgan fingerprint density at radius 1 is 1.14 bits per heavy atom. The van der Waals surface area contributed by atoms with Crippen LogP contribution in [0.25, 0.3) is 10.8 Å². The normalized spacial score (nSPS) is 10.2. The topological polar surface area (TPSA) is 74.2 Å². The molecule has 3 aromatic carbocycles. The van der Waals surface area contributed by atoms with Crippen molar-refractivity contribution in [1.82, 2.24) is 5.32 Å². The summed E-state index contributed by atoms with van der Waals surface area (Å²) in [6, 6.07) is 18.6. The number of benzene rings is 3. The van der Waals surface area contributed by atoms with Crippen molar-refractivity contribution in [3.63, 3.8) is 0 Å². The highest BCUT2D eigenvalue weighted by Gasteiger charge is 2.11. The summed E-state index contributed by atoms with van der Waals surface area (Å²) in [6.07, 6.45) is 0. The van der Waals surface area contributed by atoms with Gasteiger partial charge in [0.05, 0.1) is 15.7 Å². The van der Waals surface area contributed by atoms with Gasteiger partial charge in [0.15, 0.2) is 11.7 Å². The van der Waals surface area contributed by atoms with Crippen molar-refractivity contribution in [1.29, 1.82) is 5.26 Å². The second-order valence-electron chi connectivity index (χ2n) is 5.69. The number of amides is 1. The molecule has 0 bridgehead atoms. The first-order chi connectivity index (χ1) is 13.5. The lowest BCUT2D eigenvalue weighted by molar-refractivity contribution is -0.121. The number of carbonyl (C=O) groups is 1. The lowest BCUT2D eigenvalue weighted by atomic mass is 10.1. The molecular formula is C20H13Br2N3O2S. The molecule has 0 aliphatic heterocycles. The number of rotatable bonds is 4. The highest BCUT2D eigenvalue weighted by Crippen LogP contribution is 2.34. The van der Waals surface area contributed by atoms with Gasteiger partial charge in [-0.2, -0.15) is 5.26 Å². The Morgan fingerprint density at radius 2 is 1.93 bits per heavy atom. The molecule has 28 heavy (non-hydrogen) atoms. The molecule has 0 unspecified atom stereocenters. The number of thiocarbonyl (C=S) groups is 1. The van der Waals surface area contributed by atoms with Crippen molar-refractivity contribution < 1.29 is 9.53 Å². The van der Waals surface area contributed by atoms with Gasteiger partial charge >= 0.3 is 0 Å². The summed E-state index contributed by atoms with van der Waals surface area (Å²) >= 11 is 12.1. The molecule has 0 aromatic heterocycles. The number of halogens is 2. The predicted molar refractivity (Wildman–Crippen MR) is 120 cm³/mol. The first kappa shape index (κ1) is 20.3. The lowest BCUT2D eigenvalue weighted by Gasteiger charge is -2.12. The number of ether oxygens (including phenoxy) is 1. The van der Waals surface area contributed by atoms with E-state index in [0.29, 0.717) is 17.0 Å². The zero-order valence-electron chi connectivity index (χ0n) is 14.3. The van der Waals surface area contributed by atoms with Crippen LogP contribution in [0.5, 0.6) is 5.75 Å². The zero-order chi connectivity index (χ0) is 20.1. The Balaban J connectivity index is 1.60. The van der Waals surface area contributed by atoms with Crippen molar-refractivity contribution in [2.75, 3.05) is 11.9 Å². The number of hydrogen-bond donors (Lipinski definition) is 2. The average molecular weight is 519 g/mol. The number of carbonyl (C=O) groups excluding carboxylic acids is 1. The van der Waals surface area contributed by atoms with E-state index in [9.17, 15) is 4.79 Å². The molecule has 0 aliphatic rings. The number of nitrogens with one attached hydrogen (secondary N) is 2. The van der Waals surface area contributed by atoms with Crippen LogP contribution in [0.2, 0.25) is 0 Å². The monoisotopic (exact) mass is 517 g/mol. The molecule has 0 saturated carbocycles. The minimum atomic E-state index is -0.408. The van der Waals surface area contributed by atoms with E-state index in [2.05, 4.69) is 48.6 Å². The summed E-state index contributed by atoms with van der Waals surface area (Å²) in [7, 11) is 0. The van der Waals surface area contributed by atoms with Crippen LogP contribution in [-0.2, 0) is 4.79 Å². The molecule has 0 aliphatic carbocycles. The van der Waals surface area contributed by atoms with Gasteiger partial charge in [0.1, 0.15) is 11.8 Å². The van der Waals surface area contributed by atoms with E-state index in [1.807, 2.05) is 24.3 Å². The SMILES string of the molecule is N#Cc1ccccc1NC(=S)NC(=O)COc1ccc2cc(Br)ccc2c1Br. The standard InChI is InChI=1S/C20H13Br2N3O2S/c21-14-6-7-15-12(9-14)5-8-17(19(15)22)27-11-18(26)25-20(28)24-16-4-2-1-3-13(16)10-23/h1-9H,11H2,(H2,24,25,26,28). The summed E-state index contributed by atoms with van der Waals surface area (Å²) in [5, 5.41) is 16.6. The Labute approximate surface area is 183 Å². The van der Waals surface area contributed by atoms with Gasteiger partial charge in [-0.15, -0.1) is 0 Å². The van der Waals surface area contributed by atoms with Gasteiger partial charge in [-0.1, -0.05) is 40.2 Å². The molecular weight excluding hydrogens is 506 g/mol. The number of nitriles is 1. The van der Waals surface area contributed by atoms with Crippen LogP contribution >= 0.6 is 44.1 Å². The van der Waals surface area contributed by atoms with E-state index in [0.717, 1.165) is 19.7 Å². The van der Waals surface area contributed by atoms with E-state index in [-0.39, 0.29) is 11.7 Å². The fraction of sp³-hybridized carbons (Fsp3) is 0.0500. The highest BCUT2D eigenvalue weighted by molar-refractivity contribution is 9.11. The number of nitrogens with zero attached hydrogens (tertiary/aromatic N) is 1. The molecule has 0 heterocycles. The first-order valence-electron chi connectivity index (χ1n) is 8.08. The van der Waals surface area contributed by atoms with E-state index in [1.165, 1.54) is 0 Å². The fourth-order valence-corrected chi connectivity index (χ4v) is 3.71. The van der Waals surface area contributed by atoms with Crippen molar-refractivity contribution in [2.24, 2.45) is 0 Å². The van der Waals surface area contributed by atoms with E-state index in [1.54, 1.807) is 30.3 Å². The van der Waals surface area contributed by atoms with E-state index < -0.39 is 5.91 Å². The van der Waals surface area contributed by atoms with Gasteiger partial charge in [0.25, 0.3) is 5.91 Å². The highest BCUT2D eigenvalue weighted by atomic mass is 79.9. The van der Waals surface area contributed by atoms with Crippen LogP contribution in [0.3, 0.4) is 0 Å². The van der Waals surface area contributed by atoms with E-state index >= 15 is 0 Å². The van der Waals surface area contributed by atoms with Crippen molar-refractivity contribution in [3.05, 3.63) is 69.1 Å². The van der Waals surface area contributed by atoms with E-state index in [4.69, 9.17) is 22.2 Å². The van der Waals surface area contributed by atoms with Gasteiger partial charge in [-0.3, -0.25) is 10.1 Å². The molecule has 0 spiro atoms. The summed E-state index contributed by atoms with van der Waals surface area (Å²) in [5.74, 6) is 0.147. The van der Waals surface area contributed by atoms with Gasteiger partial charge in [-0.05, 0) is 69.3 Å². The molecule has 3 rings (SSSR count). The Bertz CT molecular complexity index is 1110. The number of hydrogen-bond acceptors (Lipinski definition) is 4. The summed E-state index contributed by atoms with van der Waals surface area (Å²) in [4.78, 5) is 12.1. The maximum Gasteiger partial charge on any atom is 0.264 e. The first-order valence-corrected chi connectivity index (χ1v) is 10.1. The third-order valence-electron chi connectivity index (χ3n) is 3.79. The van der Waals surface area contributed by atoms with Gasteiger partial charge < -0.3 is 10.1 Å². The summed E-state index contributed by atoms with van der Waals surface area (Å²) in [6.45, 7) is -0.206. The smallest absolute Gasteiger partial charge is 0.264 e. The predicted octanol–water partition coefficient (Wildman–Crippen LogP) is 5.13. The molecule has 8 heteroatoms. The quantitative estimate of drug-likeness (QED) is 0.468. The molecule has 0 atom stereocenters. The minimum absolute atomic E-state index is 0.0960. The Morgan fingerprint density at radius 3 is 2.71 bits per heavy atom. The van der Waals surface area contributed by atoms with Crippen LogP contribution in [0.1, 0.15) is 5.56 Å². The van der Waals surface area contributed by atoms with Crippen LogP contribution in [0, 0.1) is 11.3 Å². The largest absolute Gasteiger partial charge is 0.483 e. The van der Waals surface area contributed by atoms with Crippen molar-refractivity contribution in [3.8, 4) is 11.8 Å². The molecule has 5 nitrogen and oxygen atoms in total. The van der Waals surface area contributed by atoms with Crippen molar-refractivity contribution in [2.45, 2.75) is 0 Å². The number of para-hydroxylation sites is 1. The molecule has 0 saturated heterocycles. The molecule has 0 fully saturated rings. The maximum absolute atomic E-state index is 12.1. The average Bonchev–Trinajstić information content (AvgIpc) is 2.67. The molecule has 2 N–H and O–H groups in total. The van der Waals surface area contributed by atoms with Gasteiger partial charge in [-0.25, -0.2) is 0 Å². The number of anilines is 1. The third kappa shape index (κ3) is 4.87. The second-order valence-corrected chi connectivity index (χ2v) is 7.81. The van der Waals surface area contributed by atoms with Gasteiger partial charge in [0, 0.05) is 4.47 Å².